The summed E-state index contributed by atoms with van der Waals surface area (Å²) in [7, 11) is 1.99. The Morgan fingerprint density at radius 2 is 2.06 bits per heavy atom. The Morgan fingerprint density at radius 1 is 1.33 bits per heavy atom. The third kappa shape index (κ3) is 3.10. The van der Waals surface area contributed by atoms with Crippen molar-refractivity contribution in [1.29, 1.82) is 0 Å². The smallest absolute Gasteiger partial charge is 0.0961 e. The Kier molecular flexibility index (Phi) is 5.86. The van der Waals surface area contributed by atoms with Gasteiger partial charge in [0.25, 0.3) is 0 Å². The number of likely N-dealkylation sites (N-methyl/N-ethyl adjacent to an activating group) is 1. The van der Waals surface area contributed by atoms with Crippen molar-refractivity contribution in [3.05, 3.63) is 30.1 Å². The van der Waals surface area contributed by atoms with Crippen LogP contribution in [0.4, 0.5) is 0 Å². The maximum atomic E-state index is 4.45. The largest absolute Gasteiger partial charge is 0.326 e. The van der Waals surface area contributed by atoms with Gasteiger partial charge in [-0.05, 0) is 38.1 Å². The Morgan fingerprint density at radius 3 is 2.67 bits per heavy atom. The van der Waals surface area contributed by atoms with Gasteiger partial charge in [-0.15, -0.1) is 0 Å². The van der Waals surface area contributed by atoms with Crippen LogP contribution in [0.5, 0.6) is 0 Å². The summed E-state index contributed by atoms with van der Waals surface area (Å²) in [5.41, 5.74) is 3.61. The summed E-state index contributed by atoms with van der Waals surface area (Å²) in [5.74, 6) is 0. The number of aryl methyl sites for hydroxylation is 1. The molecule has 0 saturated carbocycles. The van der Waals surface area contributed by atoms with Crippen LogP contribution in [0, 0.1) is 6.92 Å². The van der Waals surface area contributed by atoms with Gasteiger partial charge < -0.3 is 9.88 Å². The molecule has 1 N–H and O–H groups in total. The van der Waals surface area contributed by atoms with Crippen LogP contribution in [0.15, 0.2) is 24.5 Å². The van der Waals surface area contributed by atoms with Crippen molar-refractivity contribution >= 4 is 11.0 Å². The van der Waals surface area contributed by atoms with E-state index in [9.17, 15) is 0 Å². The van der Waals surface area contributed by atoms with Gasteiger partial charge in [-0.2, -0.15) is 0 Å². The molecule has 1 aromatic carbocycles. The fraction of sp³-hybridized carbons (Fsp3) is 0.533. The number of rotatable bonds is 4. The number of hydrogen-bond acceptors (Lipinski definition) is 2. The van der Waals surface area contributed by atoms with Crippen LogP contribution >= 0.6 is 0 Å². The predicted molar refractivity (Wildman–Crippen MR) is 79.1 cm³/mol. The minimum absolute atomic E-state index is 0.483. The zero-order chi connectivity index (χ0) is 13.5. The van der Waals surface area contributed by atoms with Crippen LogP contribution in [-0.2, 0) is 0 Å². The molecule has 0 aliphatic rings. The van der Waals surface area contributed by atoms with Crippen molar-refractivity contribution in [3.63, 3.8) is 0 Å². The lowest BCUT2D eigenvalue weighted by Crippen LogP contribution is -2.21. The molecule has 18 heavy (non-hydrogen) atoms. The maximum Gasteiger partial charge on any atom is 0.0961 e. The van der Waals surface area contributed by atoms with Crippen molar-refractivity contribution in [1.82, 2.24) is 14.9 Å². The molecule has 0 aliphatic carbocycles. The number of benzene rings is 1. The monoisotopic (exact) mass is 247 g/mol. The summed E-state index contributed by atoms with van der Waals surface area (Å²) >= 11 is 0. The lowest BCUT2D eigenvalue weighted by atomic mass is 10.2. The topological polar surface area (TPSA) is 29.9 Å². The van der Waals surface area contributed by atoms with Gasteiger partial charge in [0, 0.05) is 12.6 Å². The summed E-state index contributed by atoms with van der Waals surface area (Å²) < 4.78 is 2.28. The summed E-state index contributed by atoms with van der Waals surface area (Å²) in [5, 5.41) is 3.24. The van der Waals surface area contributed by atoms with Gasteiger partial charge in [0.15, 0.2) is 0 Å². The predicted octanol–water partition coefficient (Wildman–Crippen LogP) is 3.54. The van der Waals surface area contributed by atoms with E-state index in [4.69, 9.17) is 0 Å². The zero-order valence-electron chi connectivity index (χ0n) is 12.2. The second kappa shape index (κ2) is 7.17. The van der Waals surface area contributed by atoms with Crippen LogP contribution in [0.3, 0.4) is 0 Å². The molecule has 3 heteroatoms. The van der Waals surface area contributed by atoms with Crippen LogP contribution < -0.4 is 5.32 Å². The van der Waals surface area contributed by atoms with Gasteiger partial charge in [0.2, 0.25) is 0 Å². The van der Waals surface area contributed by atoms with Crippen molar-refractivity contribution < 1.29 is 0 Å². The van der Waals surface area contributed by atoms with E-state index in [1.54, 1.807) is 0 Å². The first-order chi connectivity index (χ1) is 8.76. The van der Waals surface area contributed by atoms with E-state index in [1.807, 2.05) is 27.2 Å². The molecule has 100 valence electrons. The Bertz CT molecular complexity index is 474. The molecular formula is C15H25N3. The first-order valence-electron chi connectivity index (χ1n) is 6.84. The summed E-state index contributed by atoms with van der Waals surface area (Å²) in [6.07, 6.45) is 3.07. The number of imidazole rings is 1. The van der Waals surface area contributed by atoms with Crippen LogP contribution in [0.25, 0.3) is 11.0 Å². The minimum atomic E-state index is 0.483. The molecule has 2 aromatic rings. The van der Waals surface area contributed by atoms with E-state index in [0.717, 1.165) is 18.5 Å². The molecule has 3 nitrogen and oxygen atoms in total. The molecule has 1 heterocycles. The highest BCUT2D eigenvalue weighted by Gasteiger charge is 2.11. The number of aromatic nitrogens is 2. The molecule has 1 aromatic heterocycles. The molecule has 2 rings (SSSR count). The molecule has 0 spiro atoms. The van der Waals surface area contributed by atoms with Gasteiger partial charge >= 0.3 is 0 Å². The molecule has 1 unspecified atom stereocenters. The van der Waals surface area contributed by atoms with Crippen LogP contribution in [0.1, 0.15) is 38.8 Å². The number of nitrogens with zero attached hydrogens (tertiary/aromatic N) is 2. The normalized spacial score (nSPS) is 12.1. The van der Waals surface area contributed by atoms with Gasteiger partial charge in [0.05, 0.1) is 17.4 Å². The fourth-order valence-electron chi connectivity index (χ4n) is 2.10. The second-order valence-corrected chi connectivity index (χ2v) is 4.26. The summed E-state index contributed by atoms with van der Waals surface area (Å²) in [6.45, 7) is 9.31. The van der Waals surface area contributed by atoms with Crippen molar-refractivity contribution in [2.75, 3.05) is 13.6 Å². The first kappa shape index (κ1) is 14.7. The summed E-state index contributed by atoms with van der Waals surface area (Å²) in [4.78, 5) is 4.45. The standard InChI is InChI=1S/C13H19N3.C2H6/c1-4-11(8-14-3)16-9-15-12-6-5-10(2)7-13(12)16;1-2/h5-7,9,11,14H,4,8H2,1-3H3;1-2H3. The van der Waals surface area contributed by atoms with E-state index >= 15 is 0 Å². The molecule has 0 bridgehead atoms. The second-order valence-electron chi connectivity index (χ2n) is 4.26. The first-order valence-corrected chi connectivity index (χ1v) is 6.84. The van der Waals surface area contributed by atoms with Gasteiger partial charge in [-0.1, -0.05) is 26.8 Å². The highest BCUT2D eigenvalue weighted by molar-refractivity contribution is 5.76. The van der Waals surface area contributed by atoms with E-state index in [-0.39, 0.29) is 0 Å². The van der Waals surface area contributed by atoms with Crippen molar-refractivity contribution in [3.8, 4) is 0 Å². The number of fused-ring (bicyclic) bond motifs is 1. The molecule has 1 atom stereocenters. The van der Waals surface area contributed by atoms with Crippen molar-refractivity contribution in [2.45, 2.75) is 40.2 Å². The van der Waals surface area contributed by atoms with Gasteiger partial charge in [-0.3, -0.25) is 0 Å². The average molecular weight is 247 g/mol. The molecular weight excluding hydrogens is 222 g/mol. The van der Waals surface area contributed by atoms with Crippen molar-refractivity contribution in [2.24, 2.45) is 0 Å². The lowest BCUT2D eigenvalue weighted by Gasteiger charge is -2.17. The van der Waals surface area contributed by atoms with E-state index < -0.39 is 0 Å². The van der Waals surface area contributed by atoms with E-state index in [1.165, 1.54) is 11.1 Å². The van der Waals surface area contributed by atoms with E-state index in [0.29, 0.717) is 6.04 Å². The highest BCUT2D eigenvalue weighted by Crippen LogP contribution is 2.20. The molecule has 0 radical (unpaired) electrons. The summed E-state index contributed by atoms with van der Waals surface area (Å²) in [6, 6.07) is 6.89. The highest BCUT2D eigenvalue weighted by atomic mass is 15.1. The zero-order valence-corrected chi connectivity index (χ0v) is 12.2. The minimum Gasteiger partial charge on any atom is -0.326 e. The average Bonchev–Trinajstić information content (AvgIpc) is 2.81. The SMILES string of the molecule is CC.CCC(CNC)n1cnc2ccc(C)cc21. The van der Waals surface area contributed by atoms with Gasteiger partial charge in [-0.25, -0.2) is 4.98 Å². The molecule has 0 aliphatic heterocycles. The quantitative estimate of drug-likeness (QED) is 0.895. The van der Waals surface area contributed by atoms with Crippen LogP contribution in [-0.4, -0.2) is 23.1 Å². The Balaban J connectivity index is 0.000000771. The Labute approximate surface area is 110 Å². The number of hydrogen-bond donors (Lipinski definition) is 1. The van der Waals surface area contributed by atoms with Gasteiger partial charge in [0.1, 0.15) is 0 Å². The maximum absolute atomic E-state index is 4.45. The number of nitrogens with one attached hydrogen (secondary N) is 1. The molecule has 0 fully saturated rings. The van der Waals surface area contributed by atoms with E-state index in [2.05, 4.69) is 46.9 Å². The van der Waals surface area contributed by atoms with Crippen LogP contribution in [0.2, 0.25) is 0 Å². The Hall–Kier alpha value is -1.35. The third-order valence-electron chi connectivity index (χ3n) is 3.03. The third-order valence-corrected chi connectivity index (χ3v) is 3.03. The molecule has 0 amide bonds. The lowest BCUT2D eigenvalue weighted by molar-refractivity contribution is 0.475. The molecule has 0 saturated heterocycles. The fourth-order valence-corrected chi connectivity index (χ4v) is 2.10.